The van der Waals surface area contributed by atoms with Crippen LogP contribution in [0, 0.1) is 0 Å². The largest absolute Gasteiger partial charge is 0.382 e. The Balaban J connectivity index is 1.91. The van der Waals surface area contributed by atoms with Gasteiger partial charge in [-0.15, -0.1) is 0 Å². The van der Waals surface area contributed by atoms with Crippen LogP contribution in [-0.4, -0.2) is 6.04 Å². The summed E-state index contributed by atoms with van der Waals surface area (Å²) in [6, 6.07) is 9.18. The maximum Gasteiger partial charge on any atom is 0.0342 e. The lowest BCUT2D eigenvalue weighted by atomic mass is 10.1. The van der Waals surface area contributed by atoms with E-state index in [0.717, 1.165) is 0 Å². The zero-order chi connectivity index (χ0) is 11.2. The van der Waals surface area contributed by atoms with Gasteiger partial charge in [0.05, 0.1) is 0 Å². The SMILES string of the molecule is NCc1ccc(NC2CCCCCC2)cc1. The van der Waals surface area contributed by atoms with E-state index in [2.05, 4.69) is 29.6 Å². The summed E-state index contributed by atoms with van der Waals surface area (Å²) in [5.74, 6) is 0. The van der Waals surface area contributed by atoms with E-state index >= 15 is 0 Å². The van der Waals surface area contributed by atoms with Gasteiger partial charge in [-0.05, 0) is 30.5 Å². The second-order valence-corrected chi connectivity index (χ2v) is 4.73. The Morgan fingerprint density at radius 1 is 1.00 bits per heavy atom. The Kier molecular flexibility index (Phi) is 4.23. The predicted molar refractivity (Wildman–Crippen MR) is 69.4 cm³/mol. The van der Waals surface area contributed by atoms with Gasteiger partial charge in [-0.1, -0.05) is 37.8 Å². The highest BCUT2D eigenvalue weighted by molar-refractivity contribution is 5.45. The molecular weight excluding hydrogens is 196 g/mol. The van der Waals surface area contributed by atoms with Crippen LogP contribution >= 0.6 is 0 Å². The van der Waals surface area contributed by atoms with Crippen molar-refractivity contribution in [3.63, 3.8) is 0 Å². The van der Waals surface area contributed by atoms with Gasteiger partial charge < -0.3 is 11.1 Å². The van der Waals surface area contributed by atoms with E-state index < -0.39 is 0 Å². The molecule has 1 aromatic carbocycles. The standard InChI is InChI=1S/C14H22N2/c15-11-12-7-9-14(10-8-12)16-13-5-3-1-2-4-6-13/h7-10,13,16H,1-6,11,15H2. The normalized spacial score (nSPS) is 18.1. The predicted octanol–water partition coefficient (Wildman–Crippen LogP) is 3.28. The second kappa shape index (κ2) is 5.90. The van der Waals surface area contributed by atoms with Gasteiger partial charge in [-0.25, -0.2) is 0 Å². The lowest BCUT2D eigenvalue weighted by Crippen LogP contribution is -2.18. The van der Waals surface area contributed by atoms with Crippen molar-refractivity contribution in [3.05, 3.63) is 29.8 Å². The molecule has 0 amide bonds. The molecule has 0 spiro atoms. The van der Waals surface area contributed by atoms with Gasteiger partial charge >= 0.3 is 0 Å². The highest BCUT2D eigenvalue weighted by Crippen LogP contribution is 2.21. The second-order valence-electron chi connectivity index (χ2n) is 4.73. The van der Waals surface area contributed by atoms with Gasteiger partial charge in [0.25, 0.3) is 0 Å². The van der Waals surface area contributed by atoms with Crippen LogP contribution in [0.5, 0.6) is 0 Å². The number of anilines is 1. The molecule has 1 aliphatic carbocycles. The molecule has 0 saturated heterocycles. The van der Waals surface area contributed by atoms with Crippen molar-refractivity contribution < 1.29 is 0 Å². The van der Waals surface area contributed by atoms with Gasteiger partial charge in [-0.3, -0.25) is 0 Å². The fraction of sp³-hybridized carbons (Fsp3) is 0.571. The third-order valence-electron chi connectivity index (χ3n) is 3.42. The van der Waals surface area contributed by atoms with Crippen molar-refractivity contribution in [3.8, 4) is 0 Å². The molecule has 0 atom stereocenters. The van der Waals surface area contributed by atoms with E-state index in [-0.39, 0.29) is 0 Å². The molecule has 3 N–H and O–H groups in total. The van der Waals surface area contributed by atoms with E-state index in [1.807, 2.05) is 0 Å². The average Bonchev–Trinajstić information content (AvgIpc) is 2.59. The third kappa shape index (κ3) is 3.24. The zero-order valence-electron chi connectivity index (χ0n) is 9.91. The summed E-state index contributed by atoms with van der Waals surface area (Å²) in [6.45, 7) is 0.629. The Labute approximate surface area is 98.2 Å². The van der Waals surface area contributed by atoms with Crippen LogP contribution in [0.3, 0.4) is 0 Å². The topological polar surface area (TPSA) is 38.0 Å². The Morgan fingerprint density at radius 3 is 2.19 bits per heavy atom. The van der Waals surface area contributed by atoms with E-state index in [1.165, 1.54) is 49.8 Å². The van der Waals surface area contributed by atoms with Gasteiger partial charge in [0.1, 0.15) is 0 Å². The average molecular weight is 218 g/mol. The smallest absolute Gasteiger partial charge is 0.0342 e. The quantitative estimate of drug-likeness (QED) is 0.764. The molecule has 1 saturated carbocycles. The summed E-state index contributed by atoms with van der Waals surface area (Å²) in [6.07, 6.45) is 8.20. The summed E-state index contributed by atoms with van der Waals surface area (Å²) in [5, 5.41) is 3.63. The fourth-order valence-electron chi connectivity index (χ4n) is 2.40. The number of hydrogen-bond donors (Lipinski definition) is 2. The minimum atomic E-state index is 0.629. The first kappa shape index (κ1) is 11.5. The summed E-state index contributed by atoms with van der Waals surface area (Å²) in [5.41, 5.74) is 8.02. The van der Waals surface area contributed by atoms with Gasteiger partial charge in [0.15, 0.2) is 0 Å². The van der Waals surface area contributed by atoms with Crippen molar-refractivity contribution in [2.24, 2.45) is 5.73 Å². The van der Waals surface area contributed by atoms with Crippen molar-refractivity contribution >= 4 is 5.69 Å². The molecule has 1 aliphatic rings. The maximum atomic E-state index is 5.58. The fourth-order valence-corrected chi connectivity index (χ4v) is 2.40. The molecule has 2 nitrogen and oxygen atoms in total. The Morgan fingerprint density at radius 2 is 1.62 bits per heavy atom. The molecular formula is C14H22N2. The van der Waals surface area contributed by atoms with Gasteiger partial charge in [-0.2, -0.15) is 0 Å². The number of hydrogen-bond acceptors (Lipinski definition) is 2. The van der Waals surface area contributed by atoms with E-state index in [1.54, 1.807) is 0 Å². The van der Waals surface area contributed by atoms with E-state index in [9.17, 15) is 0 Å². The van der Waals surface area contributed by atoms with Crippen molar-refractivity contribution in [1.82, 2.24) is 0 Å². The van der Waals surface area contributed by atoms with Crippen LogP contribution in [0.4, 0.5) is 5.69 Å². The molecule has 0 heterocycles. The van der Waals surface area contributed by atoms with Gasteiger partial charge in [0.2, 0.25) is 0 Å². The van der Waals surface area contributed by atoms with Crippen LogP contribution in [0.2, 0.25) is 0 Å². The molecule has 2 heteroatoms. The zero-order valence-corrected chi connectivity index (χ0v) is 9.91. The Hall–Kier alpha value is -1.02. The highest BCUT2D eigenvalue weighted by Gasteiger charge is 2.11. The number of rotatable bonds is 3. The first-order chi connectivity index (χ1) is 7.88. The lowest BCUT2D eigenvalue weighted by Gasteiger charge is -2.17. The highest BCUT2D eigenvalue weighted by atomic mass is 14.9. The summed E-state index contributed by atoms with van der Waals surface area (Å²) in [4.78, 5) is 0. The van der Waals surface area contributed by atoms with Crippen LogP contribution in [0.15, 0.2) is 24.3 Å². The summed E-state index contributed by atoms with van der Waals surface area (Å²) < 4.78 is 0. The van der Waals surface area contributed by atoms with Crippen molar-refractivity contribution in [1.29, 1.82) is 0 Å². The van der Waals surface area contributed by atoms with Crippen LogP contribution in [-0.2, 0) is 6.54 Å². The molecule has 1 aromatic rings. The van der Waals surface area contributed by atoms with E-state index in [0.29, 0.717) is 12.6 Å². The molecule has 0 unspecified atom stereocenters. The first-order valence-corrected chi connectivity index (χ1v) is 6.44. The first-order valence-electron chi connectivity index (χ1n) is 6.44. The minimum absolute atomic E-state index is 0.629. The van der Waals surface area contributed by atoms with Crippen LogP contribution < -0.4 is 11.1 Å². The number of nitrogens with two attached hydrogens (primary N) is 1. The molecule has 1 fully saturated rings. The van der Waals surface area contributed by atoms with Crippen LogP contribution in [0.1, 0.15) is 44.1 Å². The Bertz CT molecular complexity index is 297. The van der Waals surface area contributed by atoms with E-state index in [4.69, 9.17) is 5.73 Å². The number of benzene rings is 1. The van der Waals surface area contributed by atoms with Gasteiger partial charge in [0, 0.05) is 18.3 Å². The van der Waals surface area contributed by atoms with Crippen molar-refractivity contribution in [2.75, 3.05) is 5.32 Å². The molecule has 0 radical (unpaired) electrons. The molecule has 0 aromatic heterocycles. The lowest BCUT2D eigenvalue weighted by molar-refractivity contribution is 0.620. The summed E-state index contributed by atoms with van der Waals surface area (Å²) in [7, 11) is 0. The molecule has 0 aliphatic heterocycles. The van der Waals surface area contributed by atoms with Crippen molar-refractivity contribution in [2.45, 2.75) is 51.1 Å². The minimum Gasteiger partial charge on any atom is -0.382 e. The maximum absolute atomic E-state index is 5.58. The molecule has 0 bridgehead atoms. The number of nitrogens with one attached hydrogen (secondary N) is 1. The molecule has 2 rings (SSSR count). The monoisotopic (exact) mass is 218 g/mol. The summed E-state index contributed by atoms with van der Waals surface area (Å²) >= 11 is 0. The molecule has 88 valence electrons. The third-order valence-corrected chi connectivity index (χ3v) is 3.42. The van der Waals surface area contributed by atoms with Crippen LogP contribution in [0.25, 0.3) is 0 Å². The molecule has 16 heavy (non-hydrogen) atoms.